The van der Waals surface area contributed by atoms with E-state index >= 15 is 0 Å². The summed E-state index contributed by atoms with van der Waals surface area (Å²) in [6, 6.07) is 7.82. The van der Waals surface area contributed by atoms with Gasteiger partial charge in [0.1, 0.15) is 5.82 Å². The first-order chi connectivity index (χ1) is 9.72. The Balaban J connectivity index is 1.77. The van der Waals surface area contributed by atoms with Crippen LogP contribution in [0.1, 0.15) is 25.7 Å². The first kappa shape index (κ1) is 13.6. The second-order valence-corrected chi connectivity index (χ2v) is 5.76. The van der Waals surface area contributed by atoms with Crippen LogP contribution >= 0.6 is 11.6 Å². The normalized spacial score (nSPS) is 22.9. The Labute approximate surface area is 123 Å². The Morgan fingerprint density at radius 2 is 2.10 bits per heavy atom. The molecule has 2 aromatic rings. The van der Waals surface area contributed by atoms with Gasteiger partial charge in [0.2, 0.25) is 5.28 Å². The number of benzene rings is 1. The molecule has 2 atom stereocenters. The van der Waals surface area contributed by atoms with Crippen LogP contribution < -0.4 is 5.32 Å². The highest BCUT2D eigenvalue weighted by molar-refractivity contribution is 6.28. The van der Waals surface area contributed by atoms with Crippen molar-refractivity contribution < 1.29 is 5.11 Å². The standard InChI is InChI=1S/C15H18ClN3O/c16-15-18-13-7-2-1-6-12(13)14(19-15)17-9-10-4-3-5-11(20)8-10/h1-2,6-7,10-11,20H,3-5,8-9H2,(H,17,18,19). The number of aromatic nitrogens is 2. The number of aliphatic hydroxyl groups excluding tert-OH is 1. The maximum absolute atomic E-state index is 9.72. The smallest absolute Gasteiger partial charge is 0.224 e. The van der Waals surface area contributed by atoms with Crippen molar-refractivity contribution in [3.8, 4) is 0 Å². The molecule has 1 aromatic heterocycles. The van der Waals surface area contributed by atoms with Gasteiger partial charge in [0.15, 0.2) is 0 Å². The van der Waals surface area contributed by atoms with Gasteiger partial charge in [-0.1, -0.05) is 18.6 Å². The number of hydrogen-bond acceptors (Lipinski definition) is 4. The average Bonchev–Trinajstić information content (AvgIpc) is 2.44. The van der Waals surface area contributed by atoms with Gasteiger partial charge in [-0.15, -0.1) is 0 Å². The third-order valence-electron chi connectivity index (χ3n) is 3.89. The zero-order chi connectivity index (χ0) is 13.9. The van der Waals surface area contributed by atoms with Crippen molar-refractivity contribution in [2.45, 2.75) is 31.8 Å². The predicted octanol–water partition coefficient (Wildman–Crippen LogP) is 3.25. The van der Waals surface area contributed by atoms with Crippen LogP contribution in [0.15, 0.2) is 24.3 Å². The van der Waals surface area contributed by atoms with Crippen molar-refractivity contribution in [1.29, 1.82) is 0 Å². The van der Waals surface area contributed by atoms with Gasteiger partial charge >= 0.3 is 0 Å². The van der Waals surface area contributed by atoms with E-state index in [2.05, 4.69) is 15.3 Å². The number of fused-ring (bicyclic) bond motifs is 1. The largest absolute Gasteiger partial charge is 0.393 e. The zero-order valence-electron chi connectivity index (χ0n) is 11.2. The third kappa shape index (κ3) is 3.02. The van der Waals surface area contributed by atoms with E-state index in [1.54, 1.807) is 0 Å². The Morgan fingerprint density at radius 1 is 1.25 bits per heavy atom. The average molecular weight is 292 g/mol. The molecule has 0 saturated heterocycles. The van der Waals surface area contributed by atoms with E-state index in [1.165, 1.54) is 0 Å². The molecule has 2 N–H and O–H groups in total. The summed E-state index contributed by atoms with van der Waals surface area (Å²) < 4.78 is 0. The number of para-hydroxylation sites is 1. The molecule has 1 aromatic carbocycles. The van der Waals surface area contributed by atoms with E-state index in [9.17, 15) is 5.11 Å². The van der Waals surface area contributed by atoms with Crippen molar-refractivity contribution >= 4 is 28.3 Å². The lowest BCUT2D eigenvalue weighted by molar-refractivity contribution is 0.104. The molecule has 1 aliphatic rings. The fourth-order valence-corrected chi connectivity index (χ4v) is 3.05. The van der Waals surface area contributed by atoms with Crippen LogP contribution in [0.2, 0.25) is 5.28 Å². The lowest BCUT2D eigenvalue weighted by atomic mass is 9.87. The first-order valence-electron chi connectivity index (χ1n) is 7.06. The van der Waals surface area contributed by atoms with E-state index in [0.717, 1.165) is 48.9 Å². The summed E-state index contributed by atoms with van der Waals surface area (Å²) in [5, 5.41) is 14.3. The molecule has 4 nitrogen and oxygen atoms in total. The molecule has 0 bridgehead atoms. The lowest BCUT2D eigenvalue weighted by Crippen LogP contribution is -2.25. The number of anilines is 1. The minimum atomic E-state index is -0.152. The highest BCUT2D eigenvalue weighted by atomic mass is 35.5. The number of rotatable bonds is 3. The fourth-order valence-electron chi connectivity index (χ4n) is 2.87. The van der Waals surface area contributed by atoms with Crippen molar-refractivity contribution in [2.24, 2.45) is 5.92 Å². The Kier molecular flexibility index (Phi) is 4.03. The Morgan fingerprint density at radius 3 is 2.95 bits per heavy atom. The number of hydrogen-bond donors (Lipinski definition) is 2. The minimum absolute atomic E-state index is 0.152. The first-order valence-corrected chi connectivity index (χ1v) is 7.44. The minimum Gasteiger partial charge on any atom is -0.393 e. The van der Waals surface area contributed by atoms with E-state index in [0.29, 0.717) is 5.92 Å². The monoisotopic (exact) mass is 291 g/mol. The molecule has 3 rings (SSSR count). The Bertz CT molecular complexity index is 605. The summed E-state index contributed by atoms with van der Waals surface area (Å²) in [6.45, 7) is 0.814. The van der Waals surface area contributed by atoms with E-state index in [-0.39, 0.29) is 11.4 Å². The molecule has 0 amide bonds. The summed E-state index contributed by atoms with van der Waals surface area (Å²) in [4.78, 5) is 8.50. The summed E-state index contributed by atoms with van der Waals surface area (Å²) in [5.74, 6) is 1.27. The molecule has 1 heterocycles. The molecule has 5 heteroatoms. The lowest BCUT2D eigenvalue weighted by Gasteiger charge is -2.26. The molecule has 1 aliphatic carbocycles. The second kappa shape index (κ2) is 5.94. The van der Waals surface area contributed by atoms with E-state index in [1.807, 2.05) is 24.3 Å². The van der Waals surface area contributed by atoms with Gasteiger partial charge in [-0.25, -0.2) is 9.97 Å². The molecule has 0 aliphatic heterocycles. The van der Waals surface area contributed by atoms with Gasteiger partial charge in [-0.2, -0.15) is 0 Å². The van der Waals surface area contributed by atoms with Gasteiger partial charge in [-0.3, -0.25) is 0 Å². The topological polar surface area (TPSA) is 58.0 Å². The van der Waals surface area contributed by atoms with Crippen LogP contribution in [0.25, 0.3) is 10.9 Å². The van der Waals surface area contributed by atoms with Crippen molar-refractivity contribution in [3.05, 3.63) is 29.5 Å². The van der Waals surface area contributed by atoms with Crippen molar-refractivity contribution in [3.63, 3.8) is 0 Å². The number of halogens is 1. The molecule has 20 heavy (non-hydrogen) atoms. The van der Waals surface area contributed by atoms with Crippen LogP contribution in [0.3, 0.4) is 0 Å². The highest BCUT2D eigenvalue weighted by Gasteiger charge is 2.20. The summed E-state index contributed by atoms with van der Waals surface area (Å²) in [6.07, 6.45) is 3.89. The molecular formula is C15H18ClN3O. The SMILES string of the molecule is OC1CCCC(CNc2nc(Cl)nc3ccccc23)C1. The van der Waals surface area contributed by atoms with Gasteiger partial charge in [-0.05, 0) is 48.9 Å². The second-order valence-electron chi connectivity index (χ2n) is 5.43. The maximum atomic E-state index is 9.72. The van der Waals surface area contributed by atoms with Crippen LogP contribution in [-0.2, 0) is 0 Å². The van der Waals surface area contributed by atoms with Crippen LogP contribution in [0.5, 0.6) is 0 Å². The van der Waals surface area contributed by atoms with Gasteiger partial charge in [0.05, 0.1) is 11.6 Å². The zero-order valence-corrected chi connectivity index (χ0v) is 12.0. The molecule has 106 valence electrons. The molecule has 0 radical (unpaired) electrons. The number of aliphatic hydroxyl groups is 1. The van der Waals surface area contributed by atoms with Crippen LogP contribution in [-0.4, -0.2) is 27.7 Å². The Hall–Kier alpha value is -1.39. The molecule has 1 saturated carbocycles. The predicted molar refractivity (Wildman–Crippen MR) is 81.0 cm³/mol. The molecular weight excluding hydrogens is 274 g/mol. The summed E-state index contributed by atoms with van der Waals surface area (Å²) in [7, 11) is 0. The highest BCUT2D eigenvalue weighted by Crippen LogP contribution is 2.26. The molecule has 1 fully saturated rings. The van der Waals surface area contributed by atoms with Crippen molar-refractivity contribution in [1.82, 2.24) is 9.97 Å². The van der Waals surface area contributed by atoms with Gasteiger partial charge in [0, 0.05) is 11.9 Å². The number of nitrogens with one attached hydrogen (secondary N) is 1. The molecule has 0 spiro atoms. The van der Waals surface area contributed by atoms with Gasteiger partial charge in [0.25, 0.3) is 0 Å². The fraction of sp³-hybridized carbons (Fsp3) is 0.467. The van der Waals surface area contributed by atoms with Crippen LogP contribution in [0, 0.1) is 5.92 Å². The maximum Gasteiger partial charge on any atom is 0.224 e. The van der Waals surface area contributed by atoms with E-state index in [4.69, 9.17) is 11.6 Å². The van der Waals surface area contributed by atoms with E-state index < -0.39 is 0 Å². The quantitative estimate of drug-likeness (QED) is 0.852. The third-order valence-corrected chi connectivity index (χ3v) is 4.06. The van der Waals surface area contributed by atoms with Crippen LogP contribution in [0.4, 0.5) is 5.82 Å². The summed E-state index contributed by atoms with van der Waals surface area (Å²) >= 11 is 5.97. The molecule has 2 unspecified atom stereocenters. The van der Waals surface area contributed by atoms with Gasteiger partial charge < -0.3 is 10.4 Å². The summed E-state index contributed by atoms with van der Waals surface area (Å²) in [5.41, 5.74) is 0.846. The number of nitrogens with zero attached hydrogens (tertiary/aromatic N) is 2. The van der Waals surface area contributed by atoms with Crippen molar-refractivity contribution in [2.75, 3.05) is 11.9 Å².